The molecule has 0 saturated heterocycles. The molecule has 5 rings (SSSR count). The molecule has 2 aromatic carbocycles. The van der Waals surface area contributed by atoms with E-state index in [0.29, 0.717) is 11.3 Å². The highest BCUT2D eigenvalue weighted by Crippen LogP contribution is 2.41. The molecule has 168 valence electrons. The zero-order valence-electron chi connectivity index (χ0n) is 18.0. The molecular formula is C26H22F2N2O2S. The normalized spacial score (nSPS) is 14.4. The lowest BCUT2D eigenvalue weighted by atomic mass is 9.99. The zero-order valence-corrected chi connectivity index (χ0v) is 18.8. The summed E-state index contributed by atoms with van der Waals surface area (Å²) >= 11 is 1.49. The molecular weight excluding hydrogens is 442 g/mol. The minimum absolute atomic E-state index is 0.0986. The van der Waals surface area contributed by atoms with E-state index >= 15 is 0 Å². The summed E-state index contributed by atoms with van der Waals surface area (Å²) in [5.74, 6) is -1.20. The number of carbonyl (C=O) groups excluding carboxylic acids is 1. The maximum absolute atomic E-state index is 14.8. The number of halogens is 2. The van der Waals surface area contributed by atoms with E-state index in [9.17, 15) is 18.4 Å². The van der Waals surface area contributed by atoms with Gasteiger partial charge in [0.05, 0.1) is 23.5 Å². The van der Waals surface area contributed by atoms with E-state index in [0.717, 1.165) is 17.7 Å². The molecule has 0 unspecified atom stereocenters. The number of carbonyl (C=O) groups is 1. The fourth-order valence-electron chi connectivity index (χ4n) is 4.42. The van der Waals surface area contributed by atoms with E-state index in [1.807, 2.05) is 17.5 Å². The number of benzene rings is 2. The van der Waals surface area contributed by atoms with E-state index < -0.39 is 17.3 Å². The molecule has 1 saturated carbocycles. The van der Waals surface area contributed by atoms with Crippen LogP contribution in [0.15, 0.2) is 64.8 Å². The second kappa shape index (κ2) is 8.56. The summed E-state index contributed by atoms with van der Waals surface area (Å²) in [5, 5.41) is 5.15. The monoisotopic (exact) mass is 464 g/mol. The van der Waals surface area contributed by atoms with E-state index in [1.165, 1.54) is 40.2 Å². The number of rotatable bonds is 6. The smallest absolute Gasteiger partial charge is 0.261 e. The highest BCUT2D eigenvalue weighted by atomic mass is 32.1. The number of hydrogen-bond acceptors (Lipinski definition) is 3. The summed E-state index contributed by atoms with van der Waals surface area (Å²) < 4.78 is 30.1. The summed E-state index contributed by atoms with van der Waals surface area (Å²) in [6.45, 7) is 1.96. The first kappa shape index (κ1) is 21.5. The van der Waals surface area contributed by atoms with Gasteiger partial charge in [-0.1, -0.05) is 30.3 Å². The van der Waals surface area contributed by atoms with E-state index in [2.05, 4.69) is 5.32 Å². The number of fused-ring (bicyclic) bond motifs is 1. The van der Waals surface area contributed by atoms with Gasteiger partial charge in [0.2, 0.25) is 0 Å². The maximum atomic E-state index is 14.8. The van der Waals surface area contributed by atoms with Gasteiger partial charge in [-0.25, -0.2) is 8.78 Å². The quantitative estimate of drug-likeness (QED) is 0.405. The summed E-state index contributed by atoms with van der Waals surface area (Å²) in [6.07, 6.45) is 1.88. The number of pyridine rings is 1. The van der Waals surface area contributed by atoms with Crippen molar-refractivity contribution in [3.63, 3.8) is 0 Å². The van der Waals surface area contributed by atoms with Crippen LogP contribution in [-0.2, 0) is 6.54 Å². The molecule has 0 bridgehead atoms. The van der Waals surface area contributed by atoms with Gasteiger partial charge in [0.1, 0.15) is 11.6 Å². The SMILES string of the molecule is Cc1c(C(=O)N[C@H](c2cccc(F)c2)C2CC2)c2cccc(F)c2c(=O)n1Cc1cccs1. The van der Waals surface area contributed by atoms with Crippen LogP contribution in [0, 0.1) is 24.5 Å². The predicted molar refractivity (Wildman–Crippen MR) is 126 cm³/mol. The van der Waals surface area contributed by atoms with Gasteiger partial charge in [0.25, 0.3) is 11.5 Å². The molecule has 2 aromatic heterocycles. The summed E-state index contributed by atoms with van der Waals surface area (Å²) in [4.78, 5) is 27.8. The number of nitrogens with zero attached hydrogens (tertiary/aromatic N) is 1. The number of aromatic nitrogens is 1. The van der Waals surface area contributed by atoms with Crippen LogP contribution in [-0.4, -0.2) is 10.5 Å². The third-order valence-electron chi connectivity index (χ3n) is 6.22. The van der Waals surface area contributed by atoms with Crippen LogP contribution in [0.5, 0.6) is 0 Å². The van der Waals surface area contributed by atoms with Gasteiger partial charge >= 0.3 is 0 Å². The van der Waals surface area contributed by atoms with E-state index in [4.69, 9.17) is 0 Å². The third kappa shape index (κ3) is 4.09. The first-order chi connectivity index (χ1) is 15.9. The molecule has 1 aliphatic rings. The number of nitrogens with one attached hydrogen (secondary N) is 1. The van der Waals surface area contributed by atoms with E-state index in [1.54, 1.807) is 25.1 Å². The number of hydrogen-bond donors (Lipinski definition) is 1. The van der Waals surface area contributed by atoms with Crippen LogP contribution in [0.3, 0.4) is 0 Å². The predicted octanol–water partition coefficient (Wildman–Crippen LogP) is 5.58. The van der Waals surface area contributed by atoms with Crippen molar-refractivity contribution in [3.8, 4) is 0 Å². The molecule has 33 heavy (non-hydrogen) atoms. The fraction of sp³-hybridized carbons (Fsp3) is 0.231. The molecule has 0 spiro atoms. The van der Waals surface area contributed by atoms with E-state index in [-0.39, 0.29) is 40.7 Å². The third-order valence-corrected chi connectivity index (χ3v) is 7.08. The van der Waals surface area contributed by atoms with Crippen molar-refractivity contribution in [1.29, 1.82) is 0 Å². The van der Waals surface area contributed by atoms with Crippen LogP contribution in [0.25, 0.3) is 10.8 Å². The molecule has 0 radical (unpaired) electrons. The van der Waals surface area contributed by atoms with Crippen LogP contribution in [0.1, 0.15) is 45.4 Å². The fourth-order valence-corrected chi connectivity index (χ4v) is 5.11. The molecule has 4 nitrogen and oxygen atoms in total. The van der Waals surface area contributed by atoms with Gasteiger partial charge in [0, 0.05) is 16.0 Å². The molecule has 1 aliphatic carbocycles. The molecule has 1 atom stereocenters. The van der Waals surface area contributed by atoms with Gasteiger partial charge in [-0.2, -0.15) is 0 Å². The minimum Gasteiger partial charge on any atom is -0.345 e. The Morgan fingerprint density at radius 1 is 1.15 bits per heavy atom. The Morgan fingerprint density at radius 2 is 1.94 bits per heavy atom. The highest BCUT2D eigenvalue weighted by molar-refractivity contribution is 7.09. The summed E-state index contributed by atoms with van der Waals surface area (Å²) in [6, 6.07) is 14.0. The Hall–Kier alpha value is -3.32. The first-order valence-corrected chi connectivity index (χ1v) is 11.7. The molecule has 1 N–H and O–H groups in total. The second-order valence-electron chi connectivity index (χ2n) is 8.44. The standard InChI is InChI=1S/C26H22F2N2O2S/c1-15-22(25(31)29-24(16-10-11-16)17-5-2-6-18(27)13-17)20-8-3-9-21(28)23(20)26(32)30(15)14-19-7-4-12-33-19/h2-9,12-13,16,24H,10-11,14H2,1H3,(H,29,31)/t24-/m0/s1. The Balaban J connectivity index is 1.62. The van der Waals surface area contributed by atoms with Crippen LogP contribution in [0.2, 0.25) is 0 Å². The maximum Gasteiger partial charge on any atom is 0.261 e. The topological polar surface area (TPSA) is 51.1 Å². The average molecular weight is 465 g/mol. The Kier molecular flexibility index (Phi) is 5.58. The Bertz CT molecular complexity index is 1410. The van der Waals surface area contributed by atoms with Crippen molar-refractivity contribution in [2.75, 3.05) is 0 Å². The van der Waals surface area contributed by atoms with Gasteiger partial charge in [-0.15, -0.1) is 11.3 Å². The molecule has 1 amide bonds. The van der Waals surface area contributed by atoms with Crippen LogP contribution >= 0.6 is 11.3 Å². The highest BCUT2D eigenvalue weighted by Gasteiger charge is 2.34. The van der Waals surface area contributed by atoms with Crippen molar-refractivity contribution in [3.05, 3.63) is 104 Å². The lowest BCUT2D eigenvalue weighted by Crippen LogP contribution is -2.34. The van der Waals surface area contributed by atoms with Gasteiger partial charge < -0.3 is 9.88 Å². The van der Waals surface area contributed by atoms with Gasteiger partial charge in [0.15, 0.2) is 0 Å². The van der Waals surface area contributed by atoms with Crippen molar-refractivity contribution in [2.24, 2.45) is 5.92 Å². The van der Waals surface area contributed by atoms with Crippen LogP contribution in [0.4, 0.5) is 8.78 Å². The Labute approximate surface area is 193 Å². The molecule has 7 heteroatoms. The lowest BCUT2D eigenvalue weighted by Gasteiger charge is -2.22. The van der Waals surface area contributed by atoms with Crippen molar-refractivity contribution in [1.82, 2.24) is 9.88 Å². The minimum atomic E-state index is -0.657. The van der Waals surface area contributed by atoms with Crippen molar-refractivity contribution < 1.29 is 13.6 Å². The second-order valence-corrected chi connectivity index (χ2v) is 9.47. The van der Waals surface area contributed by atoms with Crippen molar-refractivity contribution >= 4 is 28.0 Å². The zero-order chi connectivity index (χ0) is 23.1. The Morgan fingerprint density at radius 3 is 2.64 bits per heavy atom. The summed E-state index contributed by atoms with van der Waals surface area (Å²) in [5.41, 5.74) is 0.973. The molecule has 0 aliphatic heterocycles. The first-order valence-electron chi connectivity index (χ1n) is 10.8. The van der Waals surface area contributed by atoms with Gasteiger partial charge in [-0.3, -0.25) is 9.59 Å². The molecule has 4 aromatic rings. The largest absolute Gasteiger partial charge is 0.345 e. The number of amides is 1. The number of thiophene rings is 1. The van der Waals surface area contributed by atoms with Crippen LogP contribution < -0.4 is 10.9 Å². The molecule has 2 heterocycles. The molecule has 1 fully saturated rings. The summed E-state index contributed by atoms with van der Waals surface area (Å²) in [7, 11) is 0. The van der Waals surface area contributed by atoms with Crippen molar-refractivity contribution in [2.45, 2.75) is 32.4 Å². The van der Waals surface area contributed by atoms with Gasteiger partial charge in [-0.05, 0) is 60.9 Å². The average Bonchev–Trinajstić information content (AvgIpc) is 3.50. The lowest BCUT2D eigenvalue weighted by molar-refractivity contribution is 0.0931.